The molecule has 39 heavy (non-hydrogen) atoms. The summed E-state index contributed by atoms with van der Waals surface area (Å²) in [6.45, 7) is 3.97. The summed E-state index contributed by atoms with van der Waals surface area (Å²) in [5.74, 6) is -3.54. The number of carbonyl (C=O) groups excluding carboxylic acids is 2. The van der Waals surface area contributed by atoms with Crippen molar-refractivity contribution in [2.45, 2.75) is 18.7 Å². The van der Waals surface area contributed by atoms with Gasteiger partial charge in [0.15, 0.2) is 5.13 Å². The topological polar surface area (TPSA) is 146 Å². The fraction of sp³-hybridized carbons (Fsp3) is 0.107. The van der Waals surface area contributed by atoms with Gasteiger partial charge in [-0.05, 0) is 50.2 Å². The molecule has 0 unspecified atom stereocenters. The van der Waals surface area contributed by atoms with Gasteiger partial charge in [0.25, 0.3) is 5.91 Å². The molecule has 9 nitrogen and oxygen atoms in total. The van der Waals surface area contributed by atoms with E-state index in [2.05, 4.69) is 15.6 Å². The number of benzene rings is 3. The summed E-state index contributed by atoms with van der Waals surface area (Å²) in [4.78, 5) is 54.3. The molecule has 4 rings (SSSR count). The molecule has 0 bridgehead atoms. The number of thioether (sulfide) groups is 1. The van der Waals surface area contributed by atoms with Crippen molar-refractivity contribution in [3.63, 3.8) is 0 Å². The Hall–Kier alpha value is -4.48. The minimum atomic E-state index is -1.42. The molecule has 2 amide bonds. The van der Waals surface area contributed by atoms with E-state index in [0.717, 1.165) is 33.8 Å². The monoisotopic (exact) mass is 561 g/mol. The molecule has 198 valence electrons. The lowest BCUT2D eigenvalue weighted by Gasteiger charge is -2.10. The predicted octanol–water partition coefficient (Wildman–Crippen LogP) is 5.81. The molecule has 0 saturated carbocycles. The lowest BCUT2D eigenvalue weighted by molar-refractivity contribution is -0.113. The van der Waals surface area contributed by atoms with Gasteiger partial charge in [-0.2, -0.15) is 0 Å². The Morgan fingerprint density at radius 3 is 2.31 bits per heavy atom. The number of amides is 2. The highest BCUT2D eigenvalue weighted by molar-refractivity contribution is 8.00. The van der Waals surface area contributed by atoms with Crippen molar-refractivity contribution >= 4 is 57.7 Å². The van der Waals surface area contributed by atoms with Crippen molar-refractivity contribution in [2.75, 3.05) is 16.4 Å². The SMILES string of the molecule is Cc1ccc(-c2nc(NC(=O)CSc3cccc(NC(=O)c4ccc(C(=O)O)cc4C(=O)O)c3)sc2C)cc1. The molecule has 0 fully saturated rings. The normalized spacial score (nSPS) is 10.6. The number of nitrogens with one attached hydrogen (secondary N) is 2. The maximum Gasteiger partial charge on any atom is 0.336 e. The summed E-state index contributed by atoms with van der Waals surface area (Å²) in [5, 5.41) is 24.5. The van der Waals surface area contributed by atoms with Crippen LogP contribution < -0.4 is 10.6 Å². The maximum atomic E-state index is 12.8. The van der Waals surface area contributed by atoms with Crippen molar-refractivity contribution in [1.82, 2.24) is 4.98 Å². The Kier molecular flexibility index (Phi) is 8.43. The van der Waals surface area contributed by atoms with E-state index in [1.807, 2.05) is 38.1 Å². The average molecular weight is 562 g/mol. The van der Waals surface area contributed by atoms with Crippen LogP contribution in [0.1, 0.15) is 41.5 Å². The molecule has 0 saturated heterocycles. The zero-order chi connectivity index (χ0) is 28.1. The van der Waals surface area contributed by atoms with Crippen LogP contribution in [0.2, 0.25) is 0 Å². The largest absolute Gasteiger partial charge is 0.478 e. The predicted molar refractivity (Wildman–Crippen MR) is 151 cm³/mol. The number of thiazole rings is 1. The number of hydrogen-bond donors (Lipinski definition) is 4. The molecule has 11 heteroatoms. The fourth-order valence-electron chi connectivity index (χ4n) is 3.65. The molecule has 0 spiro atoms. The van der Waals surface area contributed by atoms with Crippen LogP contribution in [-0.2, 0) is 4.79 Å². The first-order valence-corrected chi connectivity index (χ1v) is 13.4. The third kappa shape index (κ3) is 6.89. The van der Waals surface area contributed by atoms with Crippen LogP contribution in [0, 0.1) is 13.8 Å². The van der Waals surface area contributed by atoms with E-state index in [-0.39, 0.29) is 22.8 Å². The number of carbonyl (C=O) groups is 4. The number of rotatable bonds is 9. The van der Waals surface area contributed by atoms with Gasteiger partial charge < -0.3 is 20.8 Å². The number of carboxylic acid groups (broad SMARTS) is 2. The third-order valence-corrected chi connectivity index (χ3v) is 7.45. The van der Waals surface area contributed by atoms with E-state index in [9.17, 15) is 24.3 Å². The molecule has 4 aromatic rings. The Bertz CT molecular complexity index is 1580. The molecule has 3 aromatic carbocycles. The summed E-state index contributed by atoms with van der Waals surface area (Å²) < 4.78 is 0. The molecule has 0 aliphatic carbocycles. The van der Waals surface area contributed by atoms with Crippen molar-refractivity contribution in [1.29, 1.82) is 0 Å². The van der Waals surface area contributed by atoms with Crippen LogP contribution in [-0.4, -0.2) is 44.7 Å². The molecule has 0 radical (unpaired) electrons. The van der Waals surface area contributed by atoms with Crippen LogP contribution in [0.5, 0.6) is 0 Å². The van der Waals surface area contributed by atoms with Crippen LogP contribution in [0.4, 0.5) is 10.8 Å². The number of nitrogens with zero attached hydrogens (tertiary/aromatic N) is 1. The second kappa shape index (κ2) is 11.9. The van der Waals surface area contributed by atoms with E-state index >= 15 is 0 Å². The molecular weight excluding hydrogens is 538 g/mol. The van der Waals surface area contributed by atoms with Crippen LogP contribution in [0.15, 0.2) is 71.6 Å². The summed E-state index contributed by atoms with van der Waals surface area (Å²) in [6, 6.07) is 18.1. The fourth-order valence-corrected chi connectivity index (χ4v) is 5.25. The quantitative estimate of drug-likeness (QED) is 0.187. The van der Waals surface area contributed by atoms with Gasteiger partial charge >= 0.3 is 11.9 Å². The second-order valence-corrected chi connectivity index (χ2v) is 10.7. The van der Waals surface area contributed by atoms with E-state index in [4.69, 9.17) is 5.11 Å². The van der Waals surface area contributed by atoms with Gasteiger partial charge in [0.1, 0.15) is 0 Å². The van der Waals surface area contributed by atoms with Gasteiger partial charge in [-0.15, -0.1) is 23.1 Å². The van der Waals surface area contributed by atoms with Gasteiger partial charge in [0, 0.05) is 21.0 Å². The van der Waals surface area contributed by atoms with E-state index in [0.29, 0.717) is 15.7 Å². The zero-order valence-electron chi connectivity index (χ0n) is 20.8. The molecule has 1 aromatic heterocycles. The van der Waals surface area contributed by atoms with Crippen molar-refractivity contribution in [3.8, 4) is 11.3 Å². The molecular formula is C28H23N3O6S2. The van der Waals surface area contributed by atoms with Crippen LogP contribution in [0.3, 0.4) is 0 Å². The highest BCUT2D eigenvalue weighted by Crippen LogP contribution is 2.31. The van der Waals surface area contributed by atoms with Crippen molar-refractivity contribution in [2.24, 2.45) is 0 Å². The molecule has 0 aliphatic heterocycles. The first-order chi connectivity index (χ1) is 18.6. The highest BCUT2D eigenvalue weighted by Gasteiger charge is 2.19. The van der Waals surface area contributed by atoms with E-state index in [1.54, 1.807) is 24.3 Å². The van der Waals surface area contributed by atoms with Crippen LogP contribution in [0.25, 0.3) is 11.3 Å². The van der Waals surface area contributed by atoms with Crippen molar-refractivity contribution in [3.05, 3.63) is 93.9 Å². The first kappa shape index (κ1) is 27.6. The molecule has 1 heterocycles. The van der Waals surface area contributed by atoms with Crippen LogP contribution >= 0.6 is 23.1 Å². The Labute approximate surface area is 231 Å². The number of aromatic nitrogens is 1. The van der Waals surface area contributed by atoms with Gasteiger partial charge in [0.2, 0.25) is 5.91 Å². The third-order valence-electron chi connectivity index (χ3n) is 5.57. The number of hydrogen-bond acceptors (Lipinski definition) is 7. The average Bonchev–Trinajstić information content (AvgIpc) is 3.27. The lowest BCUT2D eigenvalue weighted by atomic mass is 10.0. The zero-order valence-corrected chi connectivity index (χ0v) is 22.5. The molecule has 4 N–H and O–H groups in total. The van der Waals surface area contributed by atoms with Gasteiger partial charge in [-0.25, -0.2) is 14.6 Å². The number of aromatic carboxylic acids is 2. The second-order valence-electron chi connectivity index (χ2n) is 8.48. The summed E-state index contributed by atoms with van der Waals surface area (Å²) in [7, 11) is 0. The van der Waals surface area contributed by atoms with Gasteiger partial charge in [0.05, 0.1) is 28.1 Å². The summed E-state index contributed by atoms with van der Waals surface area (Å²) >= 11 is 2.66. The Morgan fingerprint density at radius 2 is 1.62 bits per heavy atom. The standard InChI is InChI=1S/C28H23N3O6S2/c1-15-6-8-17(9-7-15)24-16(2)39-28(31-24)30-23(32)14-38-20-5-3-4-19(13-20)29-25(33)21-11-10-18(26(34)35)12-22(21)27(36)37/h3-13H,14H2,1-2H3,(H,29,33)(H,34,35)(H,36,37)(H,30,31,32). The lowest BCUT2D eigenvalue weighted by Crippen LogP contribution is -2.17. The minimum Gasteiger partial charge on any atom is -0.478 e. The van der Waals surface area contributed by atoms with Gasteiger partial charge in [-0.1, -0.05) is 35.9 Å². The van der Waals surface area contributed by atoms with E-state index < -0.39 is 23.4 Å². The minimum absolute atomic E-state index is 0.107. The molecule has 0 atom stereocenters. The highest BCUT2D eigenvalue weighted by atomic mass is 32.2. The molecule has 0 aliphatic rings. The number of carboxylic acids is 2. The first-order valence-electron chi connectivity index (χ1n) is 11.6. The summed E-state index contributed by atoms with van der Waals surface area (Å²) in [6.07, 6.45) is 0. The number of aryl methyl sites for hydroxylation is 2. The van der Waals surface area contributed by atoms with Gasteiger partial charge in [-0.3, -0.25) is 9.59 Å². The van der Waals surface area contributed by atoms with E-state index in [1.165, 1.54) is 29.2 Å². The van der Waals surface area contributed by atoms with Crippen molar-refractivity contribution < 1.29 is 29.4 Å². The number of anilines is 2. The maximum absolute atomic E-state index is 12.8. The Morgan fingerprint density at radius 1 is 0.872 bits per heavy atom. The Balaban J connectivity index is 1.38. The smallest absolute Gasteiger partial charge is 0.336 e. The summed E-state index contributed by atoms with van der Waals surface area (Å²) in [5.41, 5.74) is 2.53.